The normalized spacial score (nSPS) is 10.2. The van der Waals surface area contributed by atoms with Gasteiger partial charge < -0.3 is 0 Å². The highest BCUT2D eigenvalue weighted by molar-refractivity contribution is 7.11. The predicted octanol–water partition coefficient (Wildman–Crippen LogP) is 5.23. The molecule has 0 aliphatic heterocycles. The van der Waals surface area contributed by atoms with Gasteiger partial charge in [-0.3, -0.25) is 0 Å². The van der Waals surface area contributed by atoms with Crippen LogP contribution in [0.2, 0.25) is 0 Å². The quantitative estimate of drug-likeness (QED) is 0.540. The van der Waals surface area contributed by atoms with Crippen LogP contribution in [0.15, 0.2) is 84.3 Å². The Morgan fingerprint density at radius 2 is 1.39 bits per heavy atom. The molecule has 0 N–H and O–H groups in total. The zero-order valence-electron chi connectivity index (χ0n) is 12.5. The fourth-order valence-electron chi connectivity index (χ4n) is 1.97. The van der Waals surface area contributed by atoms with Gasteiger partial charge in [0.15, 0.2) is 0 Å². The van der Waals surface area contributed by atoms with Crippen LogP contribution < -0.4 is 0 Å². The first-order valence-electron chi connectivity index (χ1n) is 7.29. The van der Waals surface area contributed by atoms with Crippen LogP contribution in [0.25, 0.3) is 5.57 Å². The second kappa shape index (κ2) is 7.85. The molecule has 0 atom stereocenters. The second-order valence-corrected chi connectivity index (χ2v) is 5.73. The van der Waals surface area contributed by atoms with Gasteiger partial charge in [-0.25, -0.2) is 0 Å². The molecular formula is C22H14S. The number of benzene rings is 2. The van der Waals surface area contributed by atoms with Gasteiger partial charge in [0.1, 0.15) is 0 Å². The number of allylic oxidation sites excluding steroid dienone is 2. The standard InChI is InChI=1S/C22H14S/c1-3-9-19(10-4-1)13-7-14-21(22-15-8-18-23-22)17-16-20-11-5-2-6-12-20/h1-6,8-12,14-15,18H/b21-14-. The average Bonchev–Trinajstić information content (AvgIpc) is 3.14. The summed E-state index contributed by atoms with van der Waals surface area (Å²) >= 11 is 1.67. The van der Waals surface area contributed by atoms with Crippen molar-refractivity contribution in [2.45, 2.75) is 0 Å². The zero-order chi connectivity index (χ0) is 15.7. The summed E-state index contributed by atoms with van der Waals surface area (Å²) < 4.78 is 0. The van der Waals surface area contributed by atoms with E-state index in [-0.39, 0.29) is 0 Å². The minimum Gasteiger partial charge on any atom is -0.143 e. The van der Waals surface area contributed by atoms with Gasteiger partial charge >= 0.3 is 0 Å². The van der Waals surface area contributed by atoms with Crippen LogP contribution in [-0.2, 0) is 0 Å². The van der Waals surface area contributed by atoms with E-state index >= 15 is 0 Å². The van der Waals surface area contributed by atoms with Crippen molar-refractivity contribution in [2.75, 3.05) is 0 Å². The summed E-state index contributed by atoms with van der Waals surface area (Å²) in [5.41, 5.74) is 2.96. The van der Waals surface area contributed by atoms with Crippen LogP contribution >= 0.6 is 11.3 Å². The van der Waals surface area contributed by atoms with Crippen LogP contribution in [0.3, 0.4) is 0 Å². The molecule has 0 fully saturated rings. The highest BCUT2D eigenvalue weighted by Crippen LogP contribution is 2.19. The molecule has 0 aliphatic rings. The molecule has 108 valence electrons. The Bertz CT molecular complexity index is 894. The lowest BCUT2D eigenvalue weighted by Gasteiger charge is -1.93. The largest absolute Gasteiger partial charge is 0.143 e. The molecule has 1 heterocycles. The maximum atomic E-state index is 3.24. The number of thiophene rings is 1. The summed E-state index contributed by atoms with van der Waals surface area (Å²) in [5, 5.41) is 2.05. The molecule has 0 saturated heterocycles. The molecule has 1 aromatic heterocycles. The van der Waals surface area contributed by atoms with Crippen molar-refractivity contribution < 1.29 is 0 Å². The summed E-state index contributed by atoms with van der Waals surface area (Å²) in [7, 11) is 0. The number of rotatable bonds is 1. The molecule has 23 heavy (non-hydrogen) atoms. The molecule has 0 radical (unpaired) electrons. The van der Waals surface area contributed by atoms with Gasteiger partial charge in [-0.2, -0.15) is 0 Å². The average molecular weight is 310 g/mol. The van der Waals surface area contributed by atoms with Crippen molar-refractivity contribution in [3.63, 3.8) is 0 Å². The maximum Gasteiger partial charge on any atom is 0.0504 e. The predicted molar refractivity (Wildman–Crippen MR) is 98.9 cm³/mol. The summed E-state index contributed by atoms with van der Waals surface area (Å²) in [6, 6.07) is 24.1. The van der Waals surface area contributed by atoms with E-state index in [0.29, 0.717) is 0 Å². The van der Waals surface area contributed by atoms with Crippen LogP contribution in [0.1, 0.15) is 16.0 Å². The molecule has 0 bridgehead atoms. The third-order valence-electron chi connectivity index (χ3n) is 3.11. The third-order valence-corrected chi connectivity index (χ3v) is 4.01. The van der Waals surface area contributed by atoms with Crippen molar-refractivity contribution in [3.8, 4) is 23.7 Å². The van der Waals surface area contributed by atoms with Crippen LogP contribution in [-0.4, -0.2) is 0 Å². The van der Waals surface area contributed by atoms with Crippen molar-refractivity contribution >= 4 is 16.9 Å². The van der Waals surface area contributed by atoms with Gasteiger partial charge in [0, 0.05) is 22.1 Å². The number of hydrogen-bond donors (Lipinski definition) is 0. The molecule has 2 aromatic carbocycles. The molecule has 0 aliphatic carbocycles. The topological polar surface area (TPSA) is 0 Å². The molecule has 0 saturated carbocycles. The minimum absolute atomic E-state index is 0.951. The Morgan fingerprint density at radius 3 is 2.00 bits per heavy atom. The Labute approximate surface area is 141 Å². The Kier molecular flexibility index (Phi) is 5.09. The Morgan fingerprint density at radius 1 is 0.739 bits per heavy atom. The van der Waals surface area contributed by atoms with Gasteiger partial charge in [0.05, 0.1) is 5.57 Å². The lowest BCUT2D eigenvalue weighted by atomic mass is 10.1. The molecule has 0 amide bonds. The lowest BCUT2D eigenvalue weighted by molar-refractivity contribution is 1.65. The fourth-order valence-corrected chi connectivity index (χ4v) is 2.67. The highest BCUT2D eigenvalue weighted by Gasteiger charge is 1.98. The maximum absolute atomic E-state index is 3.24. The molecule has 0 nitrogen and oxygen atoms in total. The van der Waals surface area contributed by atoms with Gasteiger partial charge in [-0.05, 0) is 35.7 Å². The van der Waals surface area contributed by atoms with Crippen molar-refractivity contribution in [1.29, 1.82) is 0 Å². The van der Waals surface area contributed by atoms with E-state index in [1.165, 1.54) is 0 Å². The van der Waals surface area contributed by atoms with E-state index in [0.717, 1.165) is 21.6 Å². The highest BCUT2D eigenvalue weighted by atomic mass is 32.1. The molecular weight excluding hydrogens is 296 g/mol. The first kappa shape index (κ1) is 14.9. The van der Waals surface area contributed by atoms with Crippen LogP contribution in [0.4, 0.5) is 0 Å². The second-order valence-electron chi connectivity index (χ2n) is 4.79. The summed E-state index contributed by atoms with van der Waals surface area (Å²) in [4.78, 5) is 1.13. The van der Waals surface area contributed by atoms with E-state index in [1.54, 1.807) is 11.3 Å². The fraction of sp³-hybridized carbons (Fsp3) is 0. The van der Waals surface area contributed by atoms with E-state index in [1.807, 2.05) is 72.8 Å². The summed E-state index contributed by atoms with van der Waals surface area (Å²) in [6.07, 6.45) is 1.90. The Hall–Kier alpha value is -3.00. The van der Waals surface area contributed by atoms with E-state index in [9.17, 15) is 0 Å². The first-order chi connectivity index (χ1) is 11.4. The van der Waals surface area contributed by atoms with Gasteiger partial charge in [0.25, 0.3) is 0 Å². The van der Waals surface area contributed by atoms with E-state index < -0.39 is 0 Å². The van der Waals surface area contributed by atoms with Gasteiger partial charge in [-0.15, -0.1) is 11.3 Å². The van der Waals surface area contributed by atoms with Crippen molar-refractivity contribution in [1.82, 2.24) is 0 Å². The monoisotopic (exact) mass is 310 g/mol. The smallest absolute Gasteiger partial charge is 0.0504 e. The van der Waals surface area contributed by atoms with Crippen molar-refractivity contribution in [2.24, 2.45) is 0 Å². The van der Waals surface area contributed by atoms with Gasteiger partial charge in [-0.1, -0.05) is 66.1 Å². The molecule has 3 rings (SSSR count). The van der Waals surface area contributed by atoms with Gasteiger partial charge in [0.2, 0.25) is 0 Å². The molecule has 3 aromatic rings. The van der Waals surface area contributed by atoms with E-state index in [4.69, 9.17) is 0 Å². The number of hydrogen-bond acceptors (Lipinski definition) is 1. The SMILES string of the molecule is C(#Cc1ccccc1)/C=C(/C#Cc1ccccc1)c1cccs1. The minimum atomic E-state index is 0.951. The molecule has 1 heteroatoms. The Balaban J connectivity index is 1.90. The third kappa shape index (κ3) is 4.48. The molecule has 0 spiro atoms. The summed E-state index contributed by atoms with van der Waals surface area (Å²) in [6.45, 7) is 0. The van der Waals surface area contributed by atoms with E-state index in [2.05, 4.69) is 35.1 Å². The molecule has 0 unspecified atom stereocenters. The first-order valence-corrected chi connectivity index (χ1v) is 8.17. The van der Waals surface area contributed by atoms with Crippen LogP contribution in [0.5, 0.6) is 0 Å². The zero-order valence-corrected chi connectivity index (χ0v) is 13.3. The van der Waals surface area contributed by atoms with Crippen LogP contribution in [0, 0.1) is 23.7 Å². The van der Waals surface area contributed by atoms with Crippen molar-refractivity contribution in [3.05, 3.63) is 100 Å². The lowest BCUT2D eigenvalue weighted by Crippen LogP contribution is -1.77. The summed E-state index contributed by atoms with van der Waals surface area (Å²) in [5.74, 6) is 12.7.